The van der Waals surface area contributed by atoms with Gasteiger partial charge in [-0.1, -0.05) is 90.2 Å². The van der Waals surface area contributed by atoms with E-state index < -0.39 is 72.2 Å². The van der Waals surface area contributed by atoms with Crippen molar-refractivity contribution in [2.75, 3.05) is 20.2 Å². The molecular formula is C44H50N6O7. The zero-order valence-electron chi connectivity index (χ0n) is 32.4. The summed E-state index contributed by atoms with van der Waals surface area (Å²) in [4.78, 5) is 62.7. The first-order valence-corrected chi connectivity index (χ1v) is 19.6. The van der Waals surface area contributed by atoms with Crippen LogP contribution in [0.25, 0.3) is 11.0 Å². The Labute approximate surface area is 332 Å². The molecule has 3 aromatic carbocycles. The largest absolute Gasteiger partial charge is 0.455 e. The van der Waals surface area contributed by atoms with E-state index in [4.69, 9.17) is 9.47 Å². The number of amides is 3. The summed E-state index contributed by atoms with van der Waals surface area (Å²) in [5.74, 6) is -3.71. The third-order valence-corrected chi connectivity index (χ3v) is 11.9. The van der Waals surface area contributed by atoms with Gasteiger partial charge >= 0.3 is 5.97 Å². The first-order chi connectivity index (χ1) is 27.6. The van der Waals surface area contributed by atoms with Crippen molar-refractivity contribution >= 4 is 34.7 Å². The molecule has 3 amide bonds. The van der Waals surface area contributed by atoms with E-state index in [9.17, 15) is 14.7 Å². The summed E-state index contributed by atoms with van der Waals surface area (Å²) in [6, 6.07) is 23.6. The summed E-state index contributed by atoms with van der Waals surface area (Å²) in [7, 11) is 1.68. The molecule has 7 rings (SSSR count). The van der Waals surface area contributed by atoms with Gasteiger partial charge in [0.25, 0.3) is 0 Å². The van der Waals surface area contributed by atoms with Crippen molar-refractivity contribution in [2.45, 2.75) is 81.6 Å². The standard InChI is InChI=1S/C44H50N6O7/c1-5-7-22-36(52)47(4)29(3)39(31-18-12-9-13-19-31)56-43(55)37-35-23-24-44(57-35)38(37)41(53)50(32(27-51)26-30-16-10-8-11-17-30)40(44)42(54)48(25-6-2)28-49-34-21-15-14-20-33(34)45-46-49/h5-6,8-21,29,32,35,37-40,51H,1-2,7,22-28H2,3-4H3/t29-,32-,35+,37-,38-,39+,40+,44-/m1/s1. The number of allylic oxidation sites excluding steroid dienone is 1. The first kappa shape index (κ1) is 39.6. The Morgan fingerprint density at radius 1 is 1.04 bits per heavy atom. The van der Waals surface area contributed by atoms with E-state index in [2.05, 4.69) is 23.5 Å². The van der Waals surface area contributed by atoms with Gasteiger partial charge in [0.05, 0.1) is 42.1 Å². The summed E-state index contributed by atoms with van der Waals surface area (Å²) in [6.45, 7) is 9.17. The van der Waals surface area contributed by atoms with Gasteiger partial charge in [-0.15, -0.1) is 18.3 Å². The molecule has 3 saturated heterocycles. The predicted octanol–water partition coefficient (Wildman–Crippen LogP) is 4.48. The average molecular weight is 775 g/mol. The van der Waals surface area contributed by atoms with Gasteiger partial charge in [-0.2, -0.15) is 0 Å². The van der Waals surface area contributed by atoms with Crippen molar-refractivity contribution in [3.05, 3.63) is 121 Å². The lowest BCUT2D eigenvalue weighted by Gasteiger charge is -2.39. The fourth-order valence-electron chi connectivity index (χ4n) is 9.02. The van der Waals surface area contributed by atoms with Crippen LogP contribution in [0.15, 0.2) is 110 Å². The molecule has 3 fully saturated rings. The SMILES string of the molecule is C=CCCC(=O)N(C)[C@H](C)[C@H](OC(=O)[C@@H]1[C@@H]2CC[C@]3(O2)[C@H](C(=O)N(CC=C)Cn2nnc4ccccc42)N([C@@H](CO)Cc2ccccc2)C(=O)[C@@H]13)c1ccccc1. The lowest BCUT2D eigenvalue weighted by atomic mass is 9.70. The lowest BCUT2D eigenvalue weighted by Crippen LogP contribution is -2.59. The molecule has 1 aromatic heterocycles. The molecule has 2 bridgehead atoms. The van der Waals surface area contributed by atoms with Gasteiger partial charge in [0.2, 0.25) is 17.7 Å². The number of likely N-dealkylation sites (tertiary alicyclic amines) is 1. The van der Waals surface area contributed by atoms with Gasteiger partial charge in [-0.25, -0.2) is 4.68 Å². The molecule has 3 aliphatic rings. The summed E-state index contributed by atoms with van der Waals surface area (Å²) in [5, 5.41) is 19.5. The van der Waals surface area contributed by atoms with Crippen LogP contribution >= 0.6 is 0 Å². The fourth-order valence-corrected chi connectivity index (χ4v) is 9.02. The molecule has 57 heavy (non-hydrogen) atoms. The van der Waals surface area contributed by atoms with Gasteiger partial charge in [-0.3, -0.25) is 19.2 Å². The maximum absolute atomic E-state index is 15.2. The number of fused-ring (bicyclic) bond motifs is 2. The van der Waals surface area contributed by atoms with Crippen LogP contribution in [0.2, 0.25) is 0 Å². The van der Waals surface area contributed by atoms with Crippen LogP contribution in [-0.4, -0.2) is 109 Å². The highest BCUT2D eigenvalue weighted by atomic mass is 16.6. The summed E-state index contributed by atoms with van der Waals surface area (Å²) in [6.07, 6.45) is 3.55. The molecule has 0 radical (unpaired) electrons. The van der Waals surface area contributed by atoms with Gasteiger partial charge < -0.3 is 29.3 Å². The molecule has 3 aliphatic heterocycles. The van der Waals surface area contributed by atoms with Crippen molar-refractivity contribution in [2.24, 2.45) is 11.8 Å². The first-order valence-electron chi connectivity index (χ1n) is 19.6. The Kier molecular flexibility index (Phi) is 11.7. The Morgan fingerprint density at radius 3 is 2.44 bits per heavy atom. The molecule has 0 saturated carbocycles. The molecule has 13 nitrogen and oxygen atoms in total. The fraction of sp³-hybridized carbons (Fsp3) is 0.409. The second-order valence-corrected chi connectivity index (χ2v) is 15.2. The van der Waals surface area contributed by atoms with Crippen molar-refractivity contribution in [1.82, 2.24) is 29.7 Å². The number of aromatic nitrogens is 3. The molecule has 8 atom stereocenters. The average Bonchev–Trinajstić information content (AvgIpc) is 4.00. The van der Waals surface area contributed by atoms with Crippen molar-refractivity contribution in [1.29, 1.82) is 0 Å². The minimum atomic E-state index is -1.37. The minimum absolute atomic E-state index is 0.0116. The van der Waals surface area contributed by atoms with Gasteiger partial charge in [0, 0.05) is 20.0 Å². The highest BCUT2D eigenvalue weighted by Crippen LogP contribution is 2.59. The maximum Gasteiger partial charge on any atom is 0.313 e. The van der Waals surface area contributed by atoms with Crippen LogP contribution in [0, 0.1) is 11.8 Å². The number of nitrogens with zero attached hydrogens (tertiary/aromatic N) is 6. The van der Waals surface area contributed by atoms with E-state index in [1.807, 2.05) is 91.9 Å². The minimum Gasteiger partial charge on any atom is -0.455 e. The molecule has 298 valence electrons. The Morgan fingerprint density at radius 2 is 1.74 bits per heavy atom. The predicted molar refractivity (Wildman–Crippen MR) is 212 cm³/mol. The quantitative estimate of drug-likeness (QED) is 0.121. The molecule has 0 aliphatic carbocycles. The van der Waals surface area contributed by atoms with Crippen molar-refractivity contribution in [3.63, 3.8) is 0 Å². The van der Waals surface area contributed by atoms with Crippen molar-refractivity contribution in [3.8, 4) is 0 Å². The van der Waals surface area contributed by atoms with Gasteiger partial charge in [0.15, 0.2) is 0 Å². The highest BCUT2D eigenvalue weighted by Gasteiger charge is 2.75. The van der Waals surface area contributed by atoms with Crippen LogP contribution < -0.4 is 0 Å². The molecule has 4 heterocycles. The summed E-state index contributed by atoms with van der Waals surface area (Å²) in [5.41, 5.74) is 1.58. The molecule has 1 spiro atoms. The van der Waals surface area contributed by atoms with E-state index in [0.717, 1.165) is 11.1 Å². The molecule has 1 N–H and O–H groups in total. The lowest BCUT2D eigenvalue weighted by molar-refractivity contribution is -0.165. The molecule has 0 unspecified atom stereocenters. The van der Waals surface area contributed by atoms with E-state index >= 15 is 9.59 Å². The van der Waals surface area contributed by atoms with Crippen LogP contribution in [0.4, 0.5) is 0 Å². The number of rotatable bonds is 17. The molecular weight excluding hydrogens is 725 g/mol. The number of ether oxygens (including phenoxy) is 2. The van der Waals surface area contributed by atoms with Crippen LogP contribution in [0.3, 0.4) is 0 Å². The van der Waals surface area contributed by atoms with E-state index in [-0.39, 0.29) is 32.0 Å². The number of hydrogen-bond acceptors (Lipinski definition) is 9. The van der Waals surface area contributed by atoms with E-state index in [0.29, 0.717) is 30.3 Å². The number of carbonyl (C=O) groups excluding carboxylic acids is 4. The van der Waals surface area contributed by atoms with Gasteiger partial charge in [-0.05, 0) is 55.9 Å². The molecule has 4 aromatic rings. The van der Waals surface area contributed by atoms with Crippen LogP contribution in [0.1, 0.15) is 49.8 Å². The Balaban J connectivity index is 1.25. The Bertz CT molecular complexity index is 2110. The monoisotopic (exact) mass is 774 g/mol. The highest BCUT2D eigenvalue weighted by molar-refractivity contribution is 5.98. The maximum atomic E-state index is 15.2. The smallest absolute Gasteiger partial charge is 0.313 e. The third-order valence-electron chi connectivity index (χ3n) is 11.9. The van der Waals surface area contributed by atoms with E-state index in [1.165, 1.54) is 4.90 Å². The third kappa shape index (κ3) is 7.37. The van der Waals surface area contributed by atoms with Crippen LogP contribution in [-0.2, 0) is 41.7 Å². The second kappa shape index (κ2) is 16.8. The topological polar surface area (TPSA) is 147 Å². The summed E-state index contributed by atoms with van der Waals surface area (Å²) < 4.78 is 14.8. The zero-order chi connectivity index (χ0) is 40.3. The number of aliphatic hydroxyl groups is 1. The number of hydrogen-bond donors (Lipinski definition) is 1. The zero-order valence-corrected chi connectivity index (χ0v) is 32.4. The number of likely N-dealkylation sites (N-methyl/N-ethyl adjacent to an activating group) is 1. The Hall–Kier alpha value is -5.66. The van der Waals surface area contributed by atoms with Crippen molar-refractivity contribution < 1.29 is 33.8 Å². The normalized spacial score (nSPS) is 23.8. The van der Waals surface area contributed by atoms with E-state index in [1.54, 1.807) is 33.7 Å². The second-order valence-electron chi connectivity index (χ2n) is 15.2. The van der Waals surface area contributed by atoms with Crippen LogP contribution in [0.5, 0.6) is 0 Å². The number of esters is 1. The summed E-state index contributed by atoms with van der Waals surface area (Å²) >= 11 is 0. The van der Waals surface area contributed by atoms with Gasteiger partial charge in [0.1, 0.15) is 29.9 Å². The number of aliphatic hydroxyl groups excluding tert-OH is 1. The number of benzene rings is 3. The number of carbonyl (C=O) groups is 4. The number of para-hydroxylation sites is 1. The molecule has 13 heteroatoms.